The van der Waals surface area contributed by atoms with E-state index < -0.39 is 0 Å². The number of hydrogen-bond acceptors (Lipinski definition) is 0. The van der Waals surface area contributed by atoms with E-state index in [1.165, 1.54) is 16.7 Å². The highest BCUT2D eigenvalue weighted by Crippen LogP contribution is 2.15. The van der Waals surface area contributed by atoms with E-state index in [-0.39, 0.29) is 0 Å². The summed E-state index contributed by atoms with van der Waals surface area (Å²) in [5, 5.41) is 0. The van der Waals surface area contributed by atoms with E-state index in [1.807, 2.05) is 0 Å². The van der Waals surface area contributed by atoms with Crippen LogP contribution >= 0.6 is 11.6 Å². The Hall–Kier alpha value is -0.490. The first kappa shape index (κ1) is 9.60. The third-order valence-electron chi connectivity index (χ3n) is 2.20. The van der Waals surface area contributed by atoms with Gasteiger partial charge in [-0.25, -0.2) is 0 Å². The molecule has 0 aliphatic rings. The van der Waals surface area contributed by atoms with Crippen molar-refractivity contribution in [3.63, 3.8) is 0 Å². The highest BCUT2D eigenvalue weighted by Gasteiger charge is 2.00. The van der Waals surface area contributed by atoms with Crippen molar-refractivity contribution in [1.82, 2.24) is 0 Å². The van der Waals surface area contributed by atoms with E-state index in [1.54, 1.807) is 0 Å². The van der Waals surface area contributed by atoms with Crippen LogP contribution in [0, 0.1) is 13.8 Å². The summed E-state index contributed by atoms with van der Waals surface area (Å²) < 4.78 is 0. The zero-order valence-electron chi connectivity index (χ0n) is 7.73. The maximum Gasteiger partial charge on any atom is 0.0226 e. The molecule has 0 nitrogen and oxygen atoms in total. The molecule has 0 aliphatic carbocycles. The molecule has 0 saturated carbocycles. The Labute approximate surface area is 79.6 Å². The van der Waals surface area contributed by atoms with Gasteiger partial charge in [-0.2, -0.15) is 0 Å². The van der Waals surface area contributed by atoms with Gasteiger partial charge >= 0.3 is 0 Å². The average molecular weight is 183 g/mol. The van der Waals surface area contributed by atoms with Gasteiger partial charge in [0.2, 0.25) is 0 Å². The fraction of sp³-hybridized carbons (Fsp3) is 0.455. The molecule has 66 valence electrons. The predicted octanol–water partition coefficient (Wildman–Crippen LogP) is 3.47. The summed E-state index contributed by atoms with van der Waals surface area (Å²) in [6, 6.07) is 6.43. The molecule has 0 radical (unpaired) electrons. The molecule has 0 N–H and O–H groups in total. The summed E-state index contributed by atoms with van der Waals surface area (Å²) in [6.45, 7) is 4.33. The molecule has 0 bridgehead atoms. The minimum atomic E-state index is 0.758. The minimum Gasteiger partial charge on any atom is -0.127 e. The van der Waals surface area contributed by atoms with Gasteiger partial charge in [0.15, 0.2) is 0 Å². The number of hydrogen-bond donors (Lipinski definition) is 0. The Morgan fingerprint density at radius 2 is 1.75 bits per heavy atom. The number of halogens is 1. The zero-order chi connectivity index (χ0) is 8.97. The first-order valence-corrected chi connectivity index (χ1v) is 4.90. The van der Waals surface area contributed by atoms with Gasteiger partial charge in [0, 0.05) is 5.88 Å². The second-order valence-electron chi connectivity index (χ2n) is 3.16. The van der Waals surface area contributed by atoms with Crippen molar-refractivity contribution in [1.29, 1.82) is 0 Å². The molecule has 0 aromatic heterocycles. The lowest BCUT2D eigenvalue weighted by Crippen LogP contribution is -1.93. The second kappa shape index (κ2) is 4.51. The summed E-state index contributed by atoms with van der Waals surface area (Å²) in [4.78, 5) is 0. The van der Waals surface area contributed by atoms with Gasteiger partial charge in [-0.15, -0.1) is 11.6 Å². The molecule has 0 heterocycles. The van der Waals surface area contributed by atoms with E-state index in [0.29, 0.717) is 0 Å². The van der Waals surface area contributed by atoms with Crippen LogP contribution in [0.25, 0.3) is 0 Å². The number of aryl methyl sites for hydroxylation is 2. The molecule has 12 heavy (non-hydrogen) atoms. The van der Waals surface area contributed by atoms with Gasteiger partial charge in [0.05, 0.1) is 0 Å². The third-order valence-corrected chi connectivity index (χ3v) is 2.47. The first-order chi connectivity index (χ1) is 5.75. The normalized spacial score (nSPS) is 10.2. The lowest BCUT2D eigenvalue weighted by atomic mass is 9.99. The topological polar surface area (TPSA) is 0 Å². The van der Waals surface area contributed by atoms with Crippen molar-refractivity contribution in [3.8, 4) is 0 Å². The van der Waals surface area contributed by atoms with E-state index in [0.717, 1.165) is 18.7 Å². The molecule has 0 spiro atoms. The maximum absolute atomic E-state index is 5.66. The summed E-state index contributed by atoms with van der Waals surface area (Å²) in [5.74, 6) is 0.758. The van der Waals surface area contributed by atoms with Crippen LogP contribution in [0.1, 0.15) is 23.1 Å². The van der Waals surface area contributed by atoms with Crippen molar-refractivity contribution in [2.24, 2.45) is 0 Å². The lowest BCUT2D eigenvalue weighted by Gasteiger charge is -2.07. The summed E-state index contributed by atoms with van der Waals surface area (Å²) in [5.41, 5.74) is 4.25. The van der Waals surface area contributed by atoms with Crippen LogP contribution in [0.15, 0.2) is 18.2 Å². The number of alkyl halides is 1. The third kappa shape index (κ3) is 2.25. The quantitative estimate of drug-likeness (QED) is 0.628. The fourth-order valence-corrected chi connectivity index (χ4v) is 1.62. The van der Waals surface area contributed by atoms with E-state index in [4.69, 9.17) is 11.6 Å². The summed E-state index contributed by atoms with van der Waals surface area (Å²) in [7, 11) is 0. The first-order valence-electron chi connectivity index (χ1n) is 4.36. The molecule has 1 heteroatoms. The lowest BCUT2D eigenvalue weighted by molar-refractivity contribution is 0.909. The smallest absolute Gasteiger partial charge is 0.0226 e. The Kier molecular flexibility index (Phi) is 3.61. The average Bonchev–Trinajstić information content (AvgIpc) is 2.04. The molecule has 0 fully saturated rings. The van der Waals surface area contributed by atoms with E-state index in [2.05, 4.69) is 32.0 Å². The van der Waals surface area contributed by atoms with Crippen LogP contribution in [0.3, 0.4) is 0 Å². The molecule has 0 atom stereocenters. The highest BCUT2D eigenvalue weighted by atomic mass is 35.5. The van der Waals surface area contributed by atoms with Gasteiger partial charge in [0.1, 0.15) is 0 Å². The van der Waals surface area contributed by atoms with Crippen LogP contribution in [0.4, 0.5) is 0 Å². The van der Waals surface area contributed by atoms with Crippen LogP contribution in [0.5, 0.6) is 0 Å². The minimum absolute atomic E-state index is 0.758. The van der Waals surface area contributed by atoms with Crippen molar-refractivity contribution >= 4 is 11.6 Å². The molecular formula is C11H15Cl. The van der Waals surface area contributed by atoms with E-state index in [9.17, 15) is 0 Å². The molecule has 1 aromatic rings. The van der Waals surface area contributed by atoms with Crippen molar-refractivity contribution in [3.05, 3.63) is 34.9 Å². The Morgan fingerprint density at radius 3 is 2.25 bits per heavy atom. The zero-order valence-corrected chi connectivity index (χ0v) is 8.49. The van der Waals surface area contributed by atoms with Crippen LogP contribution in [-0.2, 0) is 6.42 Å². The standard InChI is InChI=1S/C11H15Cl/c1-9-5-3-6-10(2)11(9)7-4-8-12/h3,5-6H,4,7-8H2,1-2H3. The van der Waals surface area contributed by atoms with Gasteiger partial charge < -0.3 is 0 Å². The highest BCUT2D eigenvalue weighted by molar-refractivity contribution is 6.17. The molecule has 0 aliphatic heterocycles. The predicted molar refractivity (Wildman–Crippen MR) is 55.0 cm³/mol. The summed E-state index contributed by atoms with van der Waals surface area (Å²) in [6.07, 6.45) is 2.19. The number of benzene rings is 1. The van der Waals surface area contributed by atoms with E-state index >= 15 is 0 Å². The van der Waals surface area contributed by atoms with Crippen molar-refractivity contribution < 1.29 is 0 Å². The Balaban J connectivity index is 2.81. The van der Waals surface area contributed by atoms with Gasteiger partial charge in [-0.3, -0.25) is 0 Å². The van der Waals surface area contributed by atoms with Crippen LogP contribution < -0.4 is 0 Å². The maximum atomic E-state index is 5.66. The molecule has 0 amide bonds. The molecule has 1 rings (SSSR count). The second-order valence-corrected chi connectivity index (χ2v) is 3.54. The SMILES string of the molecule is Cc1cccc(C)c1CCCCl. The molecule has 1 aromatic carbocycles. The Bertz CT molecular complexity index is 233. The van der Waals surface area contributed by atoms with Crippen LogP contribution in [0.2, 0.25) is 0 Å². The number of rotatable bonds is 3. The molecular weight excluding hydrogens is 168 g/mol. The molecule has 0 saturated heterocycles. The summed E-state index contributed by atoms with van der Waals surface area (Å²) >= 11 is 5.66. The van der Waals surface area contributed by atoms with Crippen molar-refractivity contribution in [2.75, 3.05) is 5.88 Å². The Morgan fingerprint density at radius 1 is 1.17 bits per heavy atom. The monoisotopic (exact) mass is 182 g/mol. The largest absolute Gasteiger partial charge is 0.127 e. The molecule has 0 unspecified atom stereocenters. The van der Waals surface area contributed by atoms with Crippen LogP contribution in [-0.4, -0.2) is 5.88 Å². The van der Waals surface area contributed by atoms with Crippen molar-refractivity contribution in [2.45, 2.75) is 26.7 Å². The van der Waals surface area contributed by atoms with Gasteiger partial charge in [0.25, 0.3) is 0 Å². The van der Waals surface area contributed by atoms with Gasteiger partial charge in [-0.1, -0.05) is 18.2 Å². The fourth-order valence-electron chi connectivity index (χ4n) is 1.49. The van der Waals surface area contributed by atoms with Gasteiger partial charge in [-0.05, 0) is 43.4 Å².